The van der Waals surface area contributed by atoms with Gasteiger partial charge in [0.1, 0.15) is 0 Å². The van der Waals surface area contributed by atoms with Crippen molar-refractivity contribution < 1.29 is 21.0 Å². The molecule has 0 amide bonds. The third-order valence-electron chi connectivity index (χ3n) is 1.56. The highest BCUT2D eigenvalue weighted by Gasteiger charge is 2.03. The van der Waals surface area contributed by atoms with Crippen molar-refractivity contribution in [1.82, 2.24) is 0 Å². The van der Waals surface area contributed by atoms with Crippen LogP contribution >= 0.6 is 0 Å². The van der Waals surface area contributed by atoms with E-state index in [4.69, 9.17) is 0 Å². The maximum atomic E-state index is 10.7. The van der Waals surface area contributed by atoms with Gasteiger partial charge in [0.05, 0.1) is 17.8 Å². The van der Waals surface area contributed by atoms with Gasteiger partial charge in [0.2, 0.25) is 0 Å². The van der Waals surface area contributed by atoms with E-state index < -0.39 is 20.8 Å². The summed E-state index contributed by atoms with van der Waals surface area (Å²) in [5, 5.41) is 0. The third-order valence-corrected chi connectivity index (χ3v) is 2.81. The largest absolute Gasteiger partial charge is 0.265 e. The van der Waals surface area contributed by atoms with Crippen LogP contribution in [-0.2, 0) is 31.6 Å². The number of thiol groups is 1. The predicted octanol–water partition coefficient (Wildman–Crippen LogP) is 0.133. The van der Waals surface area contributed by atoms with E-state index in [0.29, 0.717) is 5.56 Å². The molecule has 0 aliphatic rings. The Morgan fingerprint density at radius 1 is 1.33 bits per heavy atom. The number of hydrogen-bond donors (Lipinski definition) is 1. The second kappa shape index (κ2) is 4.73. The van der Waals surface area contributed by atoms with Crippen LogP contribution in [0.25, 0.3) is 0 Å². The highest BCUT2D eigenvalue weighted by atomic mass is 32.2. The van der Waals surface area contributed by atoms with Crippen molar-refractivity contribution in [1.29, 1.82) is 0 Å². The van der Waals surface area contributed by atoms with Gasteiger partial charge in [-0.3, -0.25) is 4.18 Å². The molecule has 7 heteroatoms. The summed E-state index contributed by atoms with van der Waals surface area (Å²) < 4.78 is 47.2. The molecule has 0 radical (unpaired) electrons. The summed E-state index contributed by atoms with van der Waals surface area (Å²) in [6.45, 7) is -0.157. The van der Waals surface area contributed by atoms with Crippen molar-refractivity contribution in [2.75, 3.05) is 6.26 Å². The van der Waals surface area contributed by atoms with E-state index in [-0.39, 0.29) is 11.5 Å². The molecule has 0 unspecified atom stereocenters. The molecule has 0 spiro atoms. The number of benzene rings is 1. The topological polar surface area (TPSA) is 77.5 Å². The normalized spacial score (nSPS) is 11.9. The van der Waals surface area contributed by atoms with Crippen LogP contribution in [0, 0.1) is 0 Å². The molecule has 0 aliphatic carbocycles. The first kappa shape index (κ1) is 12.2. The molecule has 0 aliphatic heterocycles. The minimum absolute atomic E-state index is 0.139. The SMILES string of the molecule is CS(=O)(=O)OCc1cccc([SH](=O)=O)c1. The fraction of sp³-hybridized carbons (Fsp3) is 0.250. The van der Waals surface area contributed by atoms with E-state index in [9.17, 15) is 16.8 Å². The van der Waals surface area contributed by atoms with Crippen LogP contribution in [0.5, 0.6) is 0 Å². The smallest absolute Gasteiger partial charge is 0.264 e. The Morgan fingerprint density at radius 2 is 2.00 bits per heavy atom. The lowest BCUT2D eigenvalue weighted by molar-refractivity contribution is 0.311. The van der Waals surface area contributed by atoms with Gasteiger partial charge in [0.15, 0.2) is 10.7 Å². The van der Waals surface area contributed by atoms with Crippen LogP contribution in [0.4, 0.5) is 0 Å². The first-order valence-corrected chi connectivity index (χ1v) is 6.95. The second-order valence-electron chi connectivity index (χ2n) is 2.89. The maximum absolute atomic E-state index is 10.7. The summed E-state index contributed by atoms with van der Waals surface area (Å²) in [4.78, 5) is 0.139. The van der Waals surface area contributed by atoms with Gasteiger partial charge in [-0.25, -0.2) is 8.42 Å². The first-order valence-electron chi connectivity index (χ1n) is 3.96. The summed E-state index contributed by atoms with van der Waals surface area (Å²) in [6, 6.07) is 5.92. The van der Waals surface area contributed by atoms with Crippen molar-refractivity contribution in [3.05, 3.63) is 29.8 Å². The highest BCUT2D eigenvalue weighted by molar-refractivity contribution is 7.85. The molecule has 0 heterocycles. The summed E-state index contributed by atoms with van der Waals surface area (Å²) in [5.74, 6) is 0. The molecule has 0 atom stereocenters. The van der Waals surface area contributed by atoms with Gasteiger partial charge >= 0.3 is 0 Å². The Kier molecular flexibility index (Phi) is 3.83. The van der Waals surface area contributed by atoms with E-state index in [1.165, 1.54) is 18.2 Å². The molecular formula is C8H10O5S2. The predicted molar refractivity (Wildman–Crippen MR) is 54.7 cm³/mol. The molecule has 0 N–H and O–H groups in total. The summed E-state index contributed by atoms with van der Waals surface area (Å²) in [5.41, 5.74) is 0.497. The quantitative estimate of drug-likeness (QED) is 0.607. The van der Waals surface area contributed by atoms with Crippen molar-refractivity contribution >= 4 is 20.8 Å². The van der Waals surface area contributed by atoms with Gasteiger partial charge < -0.3 is 0 Å². The molecule has 1 aromatic carbocycles. The van der Waals surface area contributed by atoms with Crippen LogP contribution in [-0.4, -0.2) is 23.1 Å². The van der Waals surface area contributed by atoms with Crippen molar-refractivity contribution in [2.24, 2.45) is 0 Å². The van der Waals surface area contributed by atoms with E-state index in [1.807, 2.05) is 0 Å². The fourth-order valence-electron chi connectivity index (χ4n) is 0.935. The zero-order valence-electron chi connectivity index (χ0n) is 7.91. The average molecular weight is 250 g/mol. The molecular weight excluding hydrogens is 240 g/mol. The van der Waals surface area contributed by atoms with Gasteiger partial charge in [-0.1, -0.05) is 12.1 Å². The zero-order valence-corrected chi connectivity index (χ0v) is 9.62. The average Bonchev–Trinajstić information content (AvgIpc) is 2.14. The van der Waals surface area contributed by atoms with Gasteiger partial charge in [0, 0.05) is 0 Å². The van der Waals surface area contributed by atoms with Crippen LogP contribution < -0.4 is 0 Å². The lowest BCUT2D eigenvalue weighted by Crippen LogP contribution is -2.02. The van der Waals surface area contributed by atoms with Gasteiger partial charge in [-0.15, -0.1) is 0 Å². The second-order valence-corrected chi connectivity index (χ2v) is 5.57. The highest BCUT2D eigenvalue weighted by Crippen LogP contribution is 2.08. The van der Waals surface area contributed by atoms with Gasteiger partial charge in [-0.05, 0) is 17.7 Å². The molecule has 0 aromatic heterocycles. The van der Waals surface area contributed by atoms with Gasteiger partial charge in [0.25, 0.3) is 10.1 Å². The Bertz CT molecular complexity index is 508. The summed E-state index contributed by atoms with van der Waals surface area (Å²) in [6.07, 6.45) is 0.935. The van der Waals surface area contributed by atoms with Crippen LogP contribution in [0.15, 0.2) is 29.2 Å². The number of rotatable bonds is 4. The van der Waals surface area contributed by atoms with E-state index >= 15 is 0 Å². The van der Waals surface area contributed by atoms with Crippen molar-refractivity contribution in [3.63, 3.8) is 0 Å². The minimum atomic E-state index is -3.51. The van der Waals surface area contributed by atoms with E-state index in [2.05, 4.69) is 4.18 Å². The molecule has 1 rings (SSSR count). The lowest BCUT2D eigenvalue weighted by Gasteiger charge is -2.01. The molecule has 15 heavy (non-hydrogen) atoms. The Balaban J connectivity index is 2.83. The Labute approximate surface area is 89.8 Å². The monoisotopic (exact) mass is 250 g/mol. The van der Waals surface area contributed by atoms with E-state index in [0.717, 1.165) is 6.26 Å². The Hall–Kier alpha value is -0.920. The van der Waals surface area contributed by atoms with Crippen molar-refractivity contribution in [3.8, 4) is 0 Å². The van der Waals surface area contributed by atoms with Crippen LogP contribution in [0.2, 0.25) is 0 Å². The molecule has 84 valence electrons. The molecule has 0 saturated heterocycles. The standard InChI is InChI=1S/C8H10O5S2/c1-15(11,12)13-6-7-3-2-4-8(5-7)14(9)10/h2-5,14H,6H2,1H3. The summed E-state index contributed by atoms with van der Waals surface area (Å²) >= 11 is 0. The molecule has 0 fully saturated rings. The molecule has 0 bridgehead atoms. The zero-order chi connectivity index (χ0) is 11.5. The van der Waals surface area contributed by atoms with Crippen LogP contribution in [0.3, 0.4) is 0 Å². The maximum Gasteiger partial charge on any atom is 0.264 e. The third kappa shape index (κ3) is 4.41. The fourth-order valence-corrected chi connectivity index (χ4v) is 1.76. The molecule has 1 aromatic rings. The minimum Gasteiger partial charge on any atom is -0.265 e. The van der Waals surface area contributed by atoms with Gasteiger partial charge in [-0.2, -0.15) is 8.42 Å². The lowest BCUT2D eigenvalue weighted by atomic mass is 10.2. The molecule has 0 saturated carbocycles. The first-order chi connectivity index (χ1) is 6.88. The van der Waals surface area contributed by atoms with E-state index in [1.54, 1.807) is 6.07 Å². The van der Waals surface area contributed by atoms with Crippen LogP contribution in [0.1, 0.15) is 5.56 Å². The van der Waals surface area contributed by atoms with Crippen molar-refractivity contribution in [2.45, 2.75) is 11.5 Å². The Morgan fingerprint density at radius 3 is 2.53 bits per heavy atom. The molecule has 5 nitrogen and oxygen atoms in total. The summed E-state index contributed by atoms with van der Waals surface area (Å²) in [7, 11) is -6.16. The number of hydrogen-bond acceptors (Lipinski definition) is 5.